The molecule has 3 aromatic rings. The highest BCUT2D eigenvalue weighted by molar-refractivity contribution is 7.98. The molecule has 0 bridgehead atoms. The van der Waals surface area contributed by atoms with Gasteiger partial charge in [0, 0.05) is 29.8 Å². The van der Waals surface area contributed by atoms with Gasteiger partial charge in [-0.15, -0.1) is 11.3 Å². The molecule has 0 fully saturated rings. The Hall–Kier alpha value is -1.83. The van der Waals surface area contributed by atoms with Crippen molar-refractivity contribution in [1.82, 2.24) is 15.2 Å². The van der Waals surface area contributed by atoms with Crippen LogP contribution in [0.5, 0.6) is 0 Å². The van der Waals surface area contributed by atoms with Crippen LogP contribution in [0.25, 0.3) is 10.6 Å². The third-order valence-electron chi connectivity index (χ3n) is 3.27. The molecule has 0 saturated carbocycles. The number of hydrogen-bond donors (Lipinski definition) is 3. The van der Waals surface area contributed by atoms with Gasteiger partial charge in [-0.3, -0.25) is 5.10 Å². The number of nitrogens with zero attached hydrogens (tertiary/aromatic N) is 2. The van der Waals surface area contributed by atoms with Crippen molar-refractivity contribution in [2.24, 2.45) is 0 Å². The van der Waals surface area contributed by atoms with Crippen LogP contribution < -0.4 is 5.32 Å². The number of aromatic nitrogens is 3. The van der Waals surface area contributed by atoms with Crippen molar-refractivity contribution in [3.63, 3.8) is 0 Å². The standard InChI is InChI=1S/C16H18N4OS2/c21-5-7-22-11-12-3-4-17-15(8-12)18-9-13-10-19-20-16(13)14-2-1-6-23-14/h1-4,6,8,10,21H,5,7,9,11H2,(H,17,18)(H,19,20). The molecule has 0 aliphatic heterocycles. The van der Waals surface area contributed by atoms with E-state index in [1.165, 1.54) is 10.4 Å². The van der Waals surface area contributed by atoms with E-state index < -0.39 is 0 Å². The average molecular weight is 346 g/mol. The number of thiophene rings is 1. The van der Waals surface area contributed by atoms with Crippen molar-refractivity contribution < 1.29 is 5.11 Å². The molecule has 0 aromatic carbocycles. The van der Waals surface area contributed by atoms with Crippen molar-refractivity contribution >= 4 is 28.9 Å². The van der Waals surface area contributed by atoms with Gasteiger partial charge in [0.25, 0.3) is 0 Å². The van der Waals surface area contributed by atoms with Gasteiger partial charge in [0.1, 0.15) is 5.82 Å². The summed E-state index contributed by atoms with van der Waals surface area (Å²) in [4.78, 5) is 5.54. The van der Waals surface area contributed by atoms with E-state index in [1.807, 2.05) is 24.5 Å². The van der Waals surface area contributed by atoms with Gasteiger partial charge in [-0.2, -0.15) is 16.9 Å². The summed E-state index contributed by atoms with van der Waals surface area (Å²) in [5.74, 6) is 2.49. The third-order valence-corrected chi connectivity index (χ3v) is 5.17. The number of aromatic amines is 1. The number of pyridine rings is 1. The maximum atomic E-state index is 8.84. The number of anilines is 1. The highest BCUT2D eigenvalue weighted by Crippen LogP contribution is 2.26. The van der Waals surface area contributed by atoms with E-state index in [9.17, 15) is 0 Å². The summed E-state index contributed by atoms with van der Waals surface area (Å²) in [6.07, 6.45) is 3.66. The summed E-state index contributed by atoms with van der Waals surface area (Å²) < 4.78 is 0. The maximum absolute atomic E-state index is 8.84. The lowest BCUT2D eigenvalue weighted by Crippen LogP contribution is -2.02. The predicted molar refractivity (Wildman–Crippen MR) is 96.7 cm³/mol. The van der Waals surface area contributed by atoms with Crippen LogP contribution in [0.1, 0.15) is 11.1 Å². The van der Waals surface area contributed by atoms with E-state index in [0.717, 1.165) is 28.6 Å². The van der Waals surface area contributed by atoms with Crippen LogP contribution in [0, 0.1) is 0 Å². The minimum atomic E-state index is 0.215. The van der Waals surface area contributed by atoms with Gasteiger partial charge in [-0.05, 0) is 29.1 Å². The average Bonchev–Trinajstić information content (AvgIpc) is 3.24. The number of hydrogen-bond acceptors (Lipinski definition) is 6. The van der Waals surface area contributed by atoms with Crippen molar-refractivity contribution in [1.29, 1.82) is 0 Å². The van der Waals surface area contributed by atoms with Gasteiger partial charge in [0.2, 0.25) is 0 Å². The zero-order valence-corrected chi connectivity index (χ0v) is 14.2. The SMILES string of the molecule is OCCSCc1ccnc(NCc2cn[nH]c2-c2cccs2)c1. The molecule has 0 aliphatic rings. The fraction of sp³-hybridized carbons (Fsp3) is 0.250. The van der Waals surface area contributed by atoms with Crippen LogP contribution in [-0.4, -0.2) is 32.6 Å². The fourth-order valence-electron chi connectivity index (χ4n) is 2.18. The summed E-state index contributed by atoms with van der Waals surface area (Å²) in [5.41, 5.74) is 3.38. The molecule has 3 aromatic heterocycles. The van der Waals surface area contributed by atoms with Crippen molar-refractivity contribution in [3.8, 4) is 10.6 Å². The van der Waals surface area contributed by atoms with E-state index in [4.69, 9.17) is 5.11 Å². The second-order valence-corrected chi connectivity index (χ2v) is 6.98. The van der Waals surface area contributed by atoms with Gasteiger partial charge >= 0.3 is 0 Å². The van der Waals surface area contributed by atoms with E-state index in [1.54, 1.807) is 23.1 Å². The largest absolute Gasteiger partial charge is 0.396 e. The van der Waals surface area contributed by atoms with Gasteiger partial charge in [-0.1, -0.05) is 6.07 Å². The molecule has 3 heterocycles. The monoisotopic (exact) mass is 346 g/mol. The molecule has 23 heavy (non-hydrogen) atoms. The zero-order valence-electron chi connectivity index (χ0n) is 12.5. The van der Waals surface area contributed by atoms with Crippen LogP contribution in [-0.2, 0) is 12.3 Å². The van der Waals surface area contributed by atoms with Gasteiger partial charge in [-0.25, -0.2) is 4.98 Å². The lowest BCUT2D eigenvalue weighted by atomic mass is 10.2. The normalized spacial score (nSPS) is 10.8. The van der Waals surface area contributed by atoms with Gasteiger partial charge in [0.15, 0.2) is 0 Å². The quantitative estimate of drug-likeness (QED) is 0.545. The Bertz CT molecular complexity index is 727. The molecule has 0 spiro atoms. The van der Waals surface area contributed by atoms with Crippen LogP contribution >= 0.6 is 23.1 Å². The molecule has 0 saturated heterocycles. The van der Waals surface area contributed by atoms with Gasteiger partial charge < -0.3 is 10.4 Å². The van der Waals surface area contributed by atoms with Gasteiger partial charge in [0.05, 0.1) is 23.4 Å². The maximum Gasteiger partial charge on any atom is 0.126 e. The molecule has 0 radical (unpaired) electrons. The van der Waals surface area contributed by atoms with Crippen molar-refractivity contribution in [3.05, 3.63) is 53.2 Å². The molecular formula is C16H18N4OS2. The number of rotatable bonds is 8. The lowest BCUT2D eigenvalue weighted by Gasteiger charge is -2.07. The Morgan fingerprint density at radius 1 is 1.35 bits per heavy atom. The highest BCUT2D eigenvalue weighted by Gasteiger charge is 2.08. The van der Waals surface area contributed by atoms with Crippen LogP contribution in [0.2, 0.25) is 0 Å². The summed E-state index contributed by atoms with van der Waals surface area (Å²) in [6.45, 7) is 0.886. The molecule has 0 unspecified atom stereocenters. The van der Waals surface area contributed by atoms with Crippen molar-refractivity contribution in [2.45, 2.75) is 12.3 Å². The minimum Gasteiger partial charge on any atom is -0.396 e. The van der Waals surface area contributed by atoms with Crippen LogP contribution in [0.4, 0.5) is 5.82 Å². The van der Waals surface area contributed by atoms with Crippen LogP contribution in [0.3, 0.4) is 0 Å². The molecule has 3 N–H and O–H groups in total. The Kier molecular flexibility index (Phi) is 5.68. The first-order valence-corrected chi connectivity index (χ1v) is 9.34. The smallest absolute Gasteiger partial charge is 0.126 e. The number of H-pyrrole nitrogens is 1. The third kappa shape index (κ3) is 4.34. The topological polar surface area (TPSA) is 73.8 Å². The summed E-state index contributed by atoms with van der Waals surface area (Å²) >= 11 is 3.40. The highest BCUT2D eigenvalue weighted by atomic mass is 32.2. The lowest BCUT2D eigenvalue weighted by molar-refractivity contribution is 0.322. The summed E-state index contributed by atoms with van der Waals surface area (Å²) in [7, 11) is 0. The molecule has 120 valence electrons. The second kappa shape index (κ2) is 8.14. The second-order valence-electron chi connectivity index (χ2n) is 4.93. The first kappa shape index (κ1) is 16.0. The fourth-order valence-corrected chi connectivity index (χ4v) is 3.62. The van der Waals surface area contributed by atoms with E-state index in [0.29, 0.717) is 6.54 Å². The zero-order chi connectivity index (χ0) is 15.9. The summed E-state index contributed by atoms with van der Waals surface area (Å²) in [5, 5.41) is 21.5. The molecule has 0 amide bonds. The van der Waals surface area contributed by atoms with E-state index in [-0.39, 0.29) is 6.61 Å². The Morgan fingerprint density at radius 2 is 2.30 bits per heavy atom. The predicted octanol–water partition coefficient (Wildman–Crippen LogP) is 3.37. The number of aliphatic hydroxyl groups is 1. The molecule has 0 aliphatic carbocycles. The first-order valence-electron chi connectivity index (χ1n) is 7.30. The summed E-state index contributed by atoms with van der Waals surface area (Å²) in [6, 6.07) is 8.17. The molecular weight excluding hydrogens is 328 g/mol. The Balaban J connectivity index is 1.63. The van der Waals surface area contributed by atoms with Crippen LogP contribution in [0.15, 0.2) is 42.0 Å². The Morgan fingerprint density at radius 3 is 3.13 bits per heavy atom. The molecule has 5 nitrogen and oxygen atoms in total. The number of nitrogens with one attached hydrogen (secondary N) is 2. The van der Waals surface area contributed by atoms with E-state index >= 15 is 0 Å². The minimum absolute atomic E-state index is 0.215. The molecule has 7 heteroatoms. The van der Waals surface area contributed by atoms with Crippen molar-refractivity contribution in [2.75, 3.05) is 17.7 Å². The Labute approximate surface area is 143 Å². The first-order chi connectivity index (χ1) is 11.4. The number of aliphatic hydroxyl groups excluding tert-OH is 1. The number of thioether (sulfide) groups is 1. The molecule has 0 atom stereocenters. The van der Waals surface area contributed by atoms with E-state index in [2.05, 4.69) is 38.0 Å². The molecule has 3 rings (SSSR count).